The summed E-state index contributed by atoms with van der Waals surface area (Å²) in [5.41, 5.74) is 3.60. The quantitative estimate of drug-likeness (QED) is 0.565. The van der Waals surface area contributed by atoms with Crippen LogP contribution in [-0.2, 0) is 19.5 Å². The molecule has 7 nitrogen and oxygen atoms in total. The lowest BCUT2D eigenvalue weighted by atomic mass is 10.1. The zero-order valence-corrected chi connectivity index (χ0v) is 14.6. The van der Waals surface area contributed by atoms with Crippen LogP contribution in [0.4, 0.5) is 5.69 Å². The van der Waals surface area contributed by atoms with Crippen LogP contribution >= 0.6 is 0 Å². The van der Waals surface area contributed by atoms with Gasteiger partial charge in [0, 0.05) is 61.1 Å². The van der Waals surface area contributed by atoms with Crippen molar-refractivity contribution in [2.75, 3.05) is 6.54 Å². The van der Waals surface area contributed by atoms with Gasteiger partial charge in [-0.25, -0.2) is 9.97 Å². The Bertz CT molecular complexity index is 992. The molecule has 1 aromatic heterocycles. The minimum Gasteiger partial charge on any atom is -0.508 e. The first-order valence-electron chi connectivity index (χ1n) is 8.69. The molecule has 27 heavy (non-hydrogen) atoms. The van der Waals surface area contributed by atoms with Crippen molar-refractivity contribution in [3.8, 4) is 17.1 Å². The van der Waals surface area contributed by atoms with E-state index < -0.39 is 4.92 Å². The topological polar surface area (TPSA) is 92.4 Å². The van der Waals surface area contributed by atoms with Gasteiger partial charge in [0.05, 0.1) is 10.6 Å². The molecule has 136 valence electrons. The van der Waals surface area contributed by atoms with Gasteiger partial charge >= 0.3 is 0 Å². The molecule has 2 heterocycles. The molecule has 0 bridgehead atoms. The number of phenolic OH excluding ortho intramolecular Hbond substituents is 1. The normalized spacial score (nSPS) is 13.9. The summed E-state index contributed by atoms with van der Waals surface area (Å²) in [7, 11) is 0. The zero-order chi connectivity index (χ0) is 18.8. The number of aromatic hydroxyl groups is 1. The van der Waals surface area contributed by atoms with Crippen molar-refractivity contribution in [1.29, 1.82) is 0 Å². The lowest BCUT2D eigenvalue weighted by Gasteiger charge is -2.28. The number of non-ortho nitro benzene ring substituents is 1. The van der Waals surface area contributed by atoms with Crippen molar-refractivity contribution < 1.29 is 10.0 Å². The molecule has 0 spiro atoms. The Labute approximate surface area is 156 Å². The van der Waals surface area contributed by atoms with E-state index in [0.717, 1.165) is 35.6 Å². The number of rotatable bonds is 4. The molecule has 1 aliphatic heterocycles. The van der Waals surface area contributed by atoms with E-state index in [1.165, 1.54) is 18.2 Å². The fourth-order valence-electron chi connectivity index (χ4n) is 3.29. The maximum Gasteiger partial charge on any atom is 0.270 e. The van der Waals surface area contributed by atoms with E-state index in [1.807, 2.05) is 36.5 Å². The molecular formula is C20H18N4O3. The van der Waals surface area contributed by atoms with Gasteiger partial charge in [-0.1, -0.05) is 30.3 Å². The molecule has 0 fully saturated rings. The van der Waals surface area contributed by atoms with Gasteiger partial charge in [0.1, 0.15) is 5.75 Å². The van der Waals surface area contributed by atoms with Gasteiger partial charge in [0.25, 0.3) is 5.69 Å². The van der Waals surface area contributed by atoms with Crippen LogP contribution in [0.1, 0.15) is 16.8 Å². The number of nitrogens with zero attached hydrogens (tertiary/aromatic N) is 4. The van der Waals surface area contributed by atoms with Crippen LogP contribution in [-0.4, -0.2) is 31.4 Å². The second-order valence-corrected chi connectivity index (χ2v) is 6.56. The number of fused-ring (bicyclic) bond motifs is 1. The average molecular weight is 362 g/mol. The summed E-state index contributed by atoms with van der Waals surface area (Å²) >= 11 is 0. The summed E-state index contributed by atoms with van der Waals surface area (Å²) in [5.74, 6) is 0.793. The molecule has 2 aromatic carbocycles. The molecule has 0 atom stereocenters. The van der Waals surface area contributed by atoms with Crippen LogP contribution in [0.5, 0.6) is 5.75 Å². The largest absolute Gasteiger partial charge is 0.508 e. The average Bonchev–Trinajstić information content (AvgIpc) is 2.69. The number of hydrogen-bond donors (Lipinski definition) is 1. The number of phenols is 1. The first-order chi connectivity index (χ1) is 13.1. The van der Waals surface area contributed by atoms with E-state index in [9.17, 15) is 15.2 Å². The molecule has 1 N–H and O–H groups in total. The Balaban J connectivity index is 1.52. The SMILES string of the molecule is O=[N+]([O-])c1ccc(O)c(CN2CCc3nc(-c4ccccc4)ncc3C2)c1. The van der Waals surface area contributed by atoms with Gasteiger partial charge in [0.15, 0.2) is 5.82 Å². The number of nitro groups is 1. The van der Waals surface area contributed by atoms with Gasteiger partial charge in [-0.15, -0.1) is 0 Å². The molecule has 0 aliphatic carbocycles. The molecule has 0 saturated heterocycles. The second-order valence-electron chi connectivity index (χ2n) is 6.56. The Hall–Kier alpha value is -3.32. The molecule has 3 aromatic rings. The monoisotopic (exact) mass is 362 g/mol. The standard InChI is InChI=1S/C20H18N4O3/c25-19-7-6-17(24(26)27)10-15(19)12-23-9-8-18-16(13-23)11-21-20(22-18)14-4-2-1-3-5-14/h1-7,10-11,25H,8-9,12-13H2. The maximum absolute atomic E-state index is 11.0. The van der Waals surface area contributed by atoms with Gasteiger partial charge in [0.2, 0.25) is 0 Å². The molecule has 0 amide bonds. The molecular weight excluding hydrogens is 344 g/mol. The van der Waals surface area contributed by atoms with Crippen LogP contribution in [0.3, 0.4) is 0 Å². The van der Waals surface area contributed by atoms with E-state index >= 15 is 0 Å². The van der Waals surface area contributed by atoms with E-state index in [2.05, 4.69) is 9.88 Å². The number of hydrogen-bond acceptors (Lipinski definition) is 6. The highest BCUT2D eigenvalue weighted by Crippen LogP contribution is 2.27. The highest BCUT2D eigenvalue weighted by molar-refractivity contribution is 5.54. The molecule has 4 rings (SSSR count). The lowest BCUT2D eigenvalue weighted by Crippen LogP contribution is -2.31. The Morgan fingerprint density at radius 2 is 2.00 bits per heavy atom. The zero-order valence-electron chi connectivity index (χ0n) is 14.6. The smallest absolute Gasteiger partial charge is 0.270 e. The van der Waals surface area contributed by atoms with E-state index in [4.69, 9.17) is 4.98 Å². The third-order valence-corrected chi connectivity index (χ3v) is 4.71. The predicted octanol–water partition coefficient (Wildman–Crippen LogP) is 3.32. The molecule has 0 radical (unpaired) electrons. The van der Waals surface area contributed by atoms with Gasteiger partial charge < -0.3 is 5.11 Å². The Kier molecular flexibility index (Phi) is 4.52. The minimum atomic E-state index is -0.451. The van der Waals surface area contributed by atoms with Crippen LogP contribution in [0.2, 0.25) is 0 Å². The first-order valence-corrected chi connectivity index (χ1v) is 8.69. The van der Waals surface area contributed by atoms with Crippen molar-refractivity contribution in [3.05, 3.63) is 81.7 Å². The molecule has 0 unspecified atom stereocenters. The fraction of sp³-hybridized carbons (Fsp3) is 0.200. The highest BCUT2D eigenvalue weighted by Gasteiger charge is 2.21. The van der Waals surface area contributed by atoms with E-state index in [-0.39, 0.29) is 11.4 Å². The van der Waals surface area contributed by atoms with Crippen molar-refractivity contribution in [1.82, 2.24) is 14.9 Å². The Morgan fingerprint density at radius 3 is 2.78 bits per heavy atom. The summed E-state index contributed by atoms with van der Waals surface area (Å²) in [6.45, 7) is 1.85. The second kappa shape index (κ2) is 7.13. The molecule has 7 heteroatoms. The maximum atomic E-state index is 11.0. The molecule has 1 aliphatic rings. The van der Waals surface area contributed by atoms with Crippen LogP contribution in [0.25, 0.3) is 11.4 Å². The van der Waals surface area contributed by atoms with Gasteiger partial charge in [-0.05, 0) is 6.07 Å². The highest BCUT2D eigenvalue weighted by atomic mass is 16.6. The number of aromatic nitrogens is 2. The first kappa shape index (κ1) is 17.1. The van der Waals surface area contributed by atoms with Crippen LogP contribution in [0.15, 0.2) is 54.7 Å². The molecule has 0 saturated carbocycles. The van der Waals surface area contributed by atoms with Crippen molar-refractivity contribution in [2.24, 2.45) is 0 Å². The lowest BCUT2D eigenvalue weighted by molar-refractivity contribution is -0.385. The van der Waals surface area contributed by atoms with Crippen molar-refractivity contribution in [2.45, 2.75) is 19.5 Å². The number of nitro benzene ring substituents is 1. The summed E-state index contributed by atoms with van der Waals surface area (Å²) in [4.78, 5) is 21.8. The van der Waals surface area contributed by atoms with E-state index in [0.29, 0.717) is 18.7 Å². The van der Waals surface area contributed by atoms with Gasteiger partial charge in [-0.2, -0.15) is 0 Å². The fourth-order valence-corrected chi connectivity index (χ4v) is 3.29. The third kappa shape index (κ3) is 3.63. The van der Waals surface area contributed by atoms with Crippen LogP contribution < -0.4 is 0 Å². The Morgan fingerprint density at radius 1 is 1.19 bits per heavy atom. The summed E-state index contributed by atoms with van der Waals surface area (Å²) in [6.07, 6.45) is 2.62. The third-order valence-electron chi connectivity index (χ3n) is 4.71. The van der Waals surface area contributed by atoms with E-state index in [1.54, 1.807) is 0 Å². The summed E-state index contributed by atoms with van der Waals surface area (Å²) < 4.78 is 0. The summed E-state index contributed by atoms with van der Waals surface area (Å²) in [5, 5.41) is 21.0. The summed E-state index contributed by atoms with van der Waals surface area (Å²) in [6, 6.07) is 14.0. The minimum absolute atomic E-state index is 0.0176. The predicted molar refractivity (Wildman–Crippen MR) is 100 cm³/mol. The van der Waals surface area contributed by atoms with Crippen molar-refractivity contribution >= 4 is 5.69 Å². The van der Waals surface area contributed by atoms with Crippen molar-refractivity contribution in [3.63, 3.8) is 0 Å². The van der Waals surface area contributed by atoms with Crippen LogP contribution in [0, 0.1) is 10.1 Å². The van der Waals surface area contributed by atoms with Gasteiger partial charge in [-0.3, -0.25) is 15.0 Å². The number of benzene rings is 2.